The molecule has 1 aliphatic rings. The lowest BCUT2D eigenvalue weighted by atomic mass is 10.0. The molecule has 1 aromatic rings. The Morgan fingerprint density at radius 1 is 1.38 bits per heavy atom. The van der Waals surface area contributed by atoms with Gasteiger partial charge < -0.3 is 16.0 Å². The first kappa shape index (κ1) is 18.0. The number of anilines is 2. The molecule has 1 aromatic carbocycles. The number of nitro benzene ring substituents is 1. The molecule has 8 heteroatoms. The van der Waals surface area contributed by atoms with E-state index >= 15 is 0 Å². The number of nitriles is 1. The molecule has 8 nitrogen and oxygen atoms in total. The standard InChI is InChI=1S/C16H24N6O2/c1-16(2,21-8-6-20(3)7-9-21)11-19-13-4-5-14(22(23)24)15(18)12(13)10-17/h4-5,19H,6-9,11,18H2,1-3H3. The lowest BCUT2D eigenvalue weighted by molar-refractivity contribution is -0.383. The zero-order valence-electron chi connectivity index (χ0n) is 14.4. The summed E-state index contributed by atoms with van der Waals surface area (Å²) in [5.41, 5.74) is 5.99. The maximum Gasteiger partial charge on any atom is 0.293 e. The van der Waals surface area contributed by atoms with Crippen molar-refractivity contribution in [1.82, 2.24) is 9.80 Å². The van der Waals surface area contributed by atoms with Gasteiger partial charge in [-0.3, -0.25) is 15.0 Å². The number of nitro groups is 1. The van der Waals surface area contributed by atoms with Crippen LogP contribution in [0.2, 0.25) is 0 Å². The van der Waals surface area contributed by atoms with Gasteiger partial charge in [-0.2, -0.15) is 5.26 Å². The minimum atomic E-state index is -0.575. The molecule has 0 atom stereocenters. The van der Waals surface area contributed by atoms with Crippen LogP contribution in [0.4, 0.5) is 17.1 Å². The van der Waals surface area contributed by atoms with E-state index in [9.17, 15) is 15.4 Å². The van der Waals surface area contributed by atoms with Gasteiger partial charge in [-0.1, -0.05) is 0 Å². The summed E-state index contributed by atoms with van der Waals surface area (Å²) in [7, 11) is 2.11. The maximum atomic E-state index is 10.9. The number of rotatable bonds is 5. The summed E-state index contributed by atoms with van der Waals surface area (Å²) in [5.74, 6) is 0. The molecule has 0 bridgehead atoms. The van der Waals surface area contributed by atoms with Crippen molar-refractivity contribution in [2.45, 2.75) is 19.4 Å². The highest BCUT2D eigenvalue weighted by atomic mass is 16.6. The fraction of sp³-hybridized carbons (Fsp3) is 0.562. The van der Waals surface area contributed by atoms with Gasteiger partial charge in [-0.05, 0) is 27.0 Å². The van der Waals surface area contributed by atoms with Crippen LogP contribution in [-0.2, 0) is 0 Å². The molecular weight excluding hydrogens is 308 g/mol. The quantitative estimate of drug-likeness (QED) is 0.477. The van der Waals surface area contributed by atoms with Crippen molar-refractivity contribution < 1.29 is 4.92 Å². The molecule has 2 rings (SSSR count). The predicted molar refractivity (Wildman–Crippen MR) is 93.9 cm³/mol. The summed E-state index contributed by atoms with van der Waals surface area (Å²) >= 11 is 0. The highest BCUT2D eigenvalue weighted by Gasteiger charge is 2.29. The normalized spacial score (nSPS) is 16.6. The van der Waals surface area contributed by atoms with E-state index in [2.05, 4.69) is 36.0 Å². The van der Waals surface area contributed by atoms with Crippen LogP contribution in [0.25, 0.3) is 0 Å². The van der Waals surface area contributed by atoms with Crippen LogP contribution >= 0.6 is 0 Å². The lowest BCUT2D eigenvalue weighted by Gasteiger charge is -2.43. The van der Waals surface area contributed by atoms with Gasteiger partial charge in [-0.15, -0.1) is 0 Å². The summed E-state index contributed by atoms with van der Waals surface area (Å²) in [6.45, 7) is 8.92. The Morgan fingerprint density at radius 3 is 2.54 bits per heavy atom. The van der Waals surface area contributed by atoms with Crippen LogP contribution in [0.5, 0.6) is 0 Å². The van der Waals surface area contributed by atoms with Crippen LogP contribution in [0.1, 0.15) is 19.4 Å². The number of hydrogen-bond donors (Lipinski definition) is 2. The second kappa shape index (κ2) is 7.03. The molecule has 130 valence electrons. The van der Waals surface area contributed by atoms with Crippen molar-refractivity contribution in [3.05, 3.63) is 27.8 Å². The second-order valence-electron chi connectivity index (χ2n) is 6.75. The van der Waals surface area contributed by atoms with Gasteiger partial charge in [0.05, 0.1) is 10.6 Å². The molecule has 0 aliphatic carbocycles. The molecule has 0 amide bonds. The molecule has 1 heterocycles. The van der Waals surface area contributed by atoms with E-state index in [1.807, 2.05) is 6.07 Å². The number of hydrogen-bond acceptors (Lipinski definition) is 7. The van der Waals surface area contributed by atoms with E-state index < -0.39 is 4.92 Å². The van der Waals surface area contributed by atoms with E-state index in [-0.39, 0.29) is 22.5 Å². The van der Waals surface area contributed by atoms with Gasteiger partial charge >= 0.3 is 0 Å². The zero-order valence-corrected chi connectivity index (χ0v) is 14.4. The van der Waals surface area contributed by atoms with Crippen molar-refractivity contribution in [2.24, 2.45) is 0 Å². The third-order valence-corrected chi connectivity index (χ3v) is 4.60. The topological polar surface area (TPSA) is 111 Å². The zero-order chi connectivity index (χ0) is 17.9. The summed E-state index contributed by atoms with van der Waals surface area (Å²) in [6, 6.07) is 4.85. The molecule has 0 unspecified atom stereocenters. The predicted octanol–water partition coefficient (Wildman–Crippen LogP) is 1.49. The Kier molecular flexibility index (Phi) is 5.26. The highest BCUT2D eigenvalue weighted by molar-refractivity contribution is 5.77. The largest absolute Gasteiger partial charge is 0.392 e. The maximum absolute atomic E-state index is 10.9. The summed E-state index contributed by atoms with van der Waals surface area (Å²) < 4.78 is 0. The van der Waals surface area contributed by atoms with Gasteiger partial charge in [0.15, 0.2) is 0 Å². The van der Waals surface area contributed by atoms with Crippen LogP contribution in [0, 0.1) is 21.4 Å². The lowest BCUT2D eigenvalue weighted by Crippen LogP contribution is -2.56. The fourth-order valence-electron chi connectivity index (χ4n) is 2.87. The highest BCUT2D eigenvalue weighted by Crippen LogP contribution is 2.31. The fourth-order valence-corrected chi connectivity index (χ4v) is 2.87. The Balaban J connectivity index is 2.12. The number of nitrogens with one attached hydrogen (secondary N) is 1. The number of nitrogens with two attached hydrogens (primary N) is 1. The van der Waals surface area contributed by atoms with Crippen LogP contribution in [-0.4, -0.2) is 60.0 Å². The Morgan fingerprint density at radius 2 is 2.00 bits per heavy atom. The summed E-state index contributed by atoms with van der Waals surface area (Å²) in [4.78, 5) is 15.1. The Bertz CT molecular complexity index is 659. The molecule has 1 saturated heterocycles. The average Bonchev–Trinajstić information content (AvgIpc) is 2.53. The Hall–Kier alpha value is -2.37. The van der Waals surface area contributed by atoms with E-state index in [0.717, 1.165) is 26.2 Å². The Labute approximate surface area is 142 Å². The van der Waals surface area contributed by atoms with Crippen molar-refractivity contribution >= 4 is 17.1 Å². The van der Waals surface area contributed by atoms with Crippen LogP contribution < -0.4 is 11.1 Å². The molecule has 0 radical (unpaired) electrons. The first-order valence-corrected chi connectivity index (χ1v) is 7.90. The number of likely N-dealkylation sites (N-methyl/N-ethyl adjacent to an activating group) is 1. The van der Waals surface area contributed by atoms with Gasteiger partial charge in [0.1, 0.15) is 17.3 Å². The van der Waals surface area contributed by atoms with Gasteiger partial charge in [0.25, 0.3) is 5.69 Å². The van der Waals surface area contributed by atoms with Gasteiger partial charge in [-0.25, -0.2) is 0 Å². The summed E-state index contributed by atoms with van der Waals surface area (Å²) in [6.07, 6.45) is 0. The number of piperazine rings is 1. The second-order valence-corrected chi connectivity index (χ2v) is 6.75. The SMILES string of the molecule is CN1CCN(C(C)(C)CNc2ccc([N+](=O)[O-])c(N)c2C#N)CC1. The molecule has 24 heavy (non-hydrogen) atoms. The van der Waals surface area contributed by atoms with Gasteiger partial charge in [0, 0.05) is 44.3 Å². The van der Waals surface area contributed by atoms with E-state index in [4.69, 9.17) is 5.73 Å². The number of benzene rings is 1. The monoisotopic (exact) mass is 332 g/mol. The van der Waals surface area contributed by atoms with Crippen molar-refractivity contribution in [1.29, 1.82) is 5.26 Å². The van der Waals surface area contributed by atoms with Crippen molar-refractivity contribution in [3.8, 4) is 6.07 Å². The average molecular weight is 332 g/mol. The summed E-state index contributed by atoms with van der Waals surface area (Å²) in [5, 5.41) is 23.5. The third-order valence-electron chi connectivity index (χ3n) is 4.60. The van der Waals surface area contributed by atoms with E-state index in [0.29, 0.717) is 12.2 Å². The first-order valence-electron chi connectivity index (χ1n) is 7.90. The molecular formula is C16H24N6O2. The molecule has 0 aromatic heterocycles. The molecule has 0 spiro atoms. The van der Waals surface area contributed by atoms with E-state index in [1.54, 1.807) is 6.07 Å². The van der Waals surface area contributed by atoms with Crippen molar-refractivity contribution in [2.75, 3.05) is 50.8 Å². The first-order chi connectivity index (χ1) is 11.3. The minimum Gasteiger partial charge on any atom is -0.392 e. The van der Waals surface area contributed by atoms with Gasteiger partial charge in [0.2, 0.25) is 0 Å². The van der Waals surface area contributed by atoms with Crippen LogP contribution in [0.15, 0.2) is 12.1 Å². The third kappa shape index (κ3) is 3.75. The smallest absolute Gasteiger partial charge is 0.293 e. The molecule has 1 fully saturated rings. The molecule has 0 saturated carbocycles. The van der Waals surface area contributed by atoms with Crippen molar-refractivity contribution in [3.63, 3.8) is 0 Å². The van der Waals surface area contributed by atoms with Crippen LogP contribution in [0.3, 0.4) is 0 Å². The number of nitrogen functional groups attached to an aromatic ring is 1. The molecule has 3 N–H and O–H groups in total. The minimum absolute atomic E-state index is 0.0927. The van der Waals surface area contributed by atoms with E-state index in [1.165, 1.54) is 6.07 Å². The number of nitrogens with zero attached hydrogens (tertiary/aromatic N) is 4. The molecule has 1 aliphatic heterocycles.